The molecule has 0 rings (SSSR count). The van der Waals surface area contributed by atoms with E-state index < -0.39 is 5.09 Å². The second-order valence-electron chi connectivity index (χ2n) is 10.1. The number of hydrogen-bond acceptors (Lipinski definition) is 4. The van der Waals surface area contributed by atoms with Gasteiger partial charge in [0.1, 0.15) is 0 Å². The van der Waals surface area contributed by atoms with Crippen LogP contribution in [0.5, 0.6) is 0 Å². The molecular weight excluding hydrogens is 416 g/mol. The summed E-state index contributed by atoms with van der Waals surface area (Å²) in [4.78, 5) is 8.25. The van der Waals surface area contributed by atoms with E-state index in [-0.39, 0.29) is 6.23 Å². The van der Waals surface area contributed by atoms with E-state index in [9.17, 15) is 5.11 Å². The fourth-order valence-corrected chi connectivity index (χ4v) is 4.41. The molecular formula is C27H58N2O4. The summed E-state index contributed by atoms with van der Waals surface area (Å²) in [7, 11) is 2.27. The lowest BCUT2D eigenvalue weighted by Gasteiger charge is -2.37. The van der Waals surface area contributed by atoms with E-state index in [1.807, 2.05) is 6.92 Å². The second kappa shape index (κ2) is 25.7. The summed E-state index contributed by atoms with van der Waals surface area (Å²) in [5, 5.41) is 25.1. The third-order valence-electron chi connectivity index (χ3n) is 6.95. The monoisotopic (exact) mass is 474 g/mol. The van der Waals surface area contributed by atoms with Crippen LogP contribution in [0.4, 0.5) is 0 Å². The van der Waals surface area contributed by atoms with Crippen molar-refractivity contribution in [1.82, 2.24) is 0 Å². The molecule has 0 amide bonds. The Hall–Kier alpha value is -0.880. The largest absolute Gasteiger partial charge is 0.356 e. The van der Waals surface area contributed by atoms with Crippen LogP contribution in [0, 0.1) is 15.3 Å². The van der Waals surface area contributed by atoms with Gasteiger partial charge in [0.2, 0.25) is 0 Å². The van der Waals surface area contributed by atoms with Crippen LogP contribution in [0.1, 0.15) is 149 Å². The normalized spacial score (nSPS) is 12.3. The van der Waals surface area contributed by atoms with Gasteiger partial charge in [-0.05, 0) is 25.7 Å². The molecule has 0 aromatic rings. The molecule has 6 heteroatoms. The summed E-state index contributed by atoms with van der Waals surface area (Å²) in [6, 6.07) is 0. The number of unbranched alkanes of at least 4 members (excludes halogenated alkanes) is 18. The third kappa shape index (κ3) is 27.2. The molecule has 0 heterocycles. The zero-order valence-electron chi connectivity index (χ0n) is 22.7. The van der Waals surface area contributed by atoms with Crippen molar-refractivity contribution in [2.24, 2.45) is 0 Å². The van der Waals surface area contributed by atoms with Gasteiger partial charge >= 0.3 is 0 Å². The zero-order chi connectivity index (χ0) is 25.2. The lowest BCUT2D eigenvalue weighted by atomic mass is 10.1. The van der Waals surface area contributed by atoms with Gasteiger partial charge in [0.15, 0.2) is 6.23 Å². The summed E-state index contributed by atoms with van der Waals surface area (Å²) >= 11 is 0. The van der Waals surface area contributed by atoms with Gasteiger partial charge in [0.25, 0.3) is 0 Å². The van der Waals surface area contributed by atoms with Gasteiger partial charge in [0.05, 0.1) is 25.2 Å². The molecule has 0 saturated heterocycles. The number of quaternary nitrogens is 1. The van der Waals surface area contributed by atoms with E-state index >= 15 is 0 Å². The van der Waals surface area contributed by atoms with Crippen LogP contribution in [-0.4, -0.2) is 41.0 Å². The molecule has 0 aliphatic carbocycles. The van der Waals surface area contributed by atoms with Crippen molar-refractivity contribution in [3.05, 3.63) is 15.3 Å². The lowest BCUT2D eigenvalue weighted by Crippen LogP contribution is -2.52. The van der Waals surface area contributed by atoms with Crippen LogP contribution < -0.4 is 0 Å². The SMILES string of the molecule is CCCCCCCCCCCC[N+](C)(CCCCCCCCCCCC)C(C)O.O=[N+]([O-])[O-]. The summed E-state index contributed by atoms with van der Waals surface area (Å²) in [6.45, 7) is 8.86. The maximum Gasteiger partial charge on any atom is 0.187 e. The molecule has 1 atom stereocenters. The van der Waals surface area contributed by atoms with Crippen LogP contribution >= 0.6 is 0 Å². The Morgan fingerprint density at radius 2 is 0.818 bits per heavy atom. The van der Waals surface area contributed by atoms with Gasteiger partial charge in [-0.3, -0.25) is 0 Å². The Morgan fingerprint density at radius 3 is 1.03 bits per heavy atom. The van der Waals surface area contributed by atoms with E-state index in [0.29, 0.717) is 0 Å². The lowest BCUT2D eigenvalue weighted by molar-refractivity contribution is -0.952. The Balaban J connectivity index is 0. The summed E-state index contributed by atoms with van der Waals surface area (Å²) in [5.74, 6) is 0. The third-order valence-corrected chi connectivity index (χ3v) is 6.95. The van der Waals surface area contributed by atoms with Crippen molar-refractivity contribution < 1.29 is 14.7 Å². The Kier molecular flexibility index (Phi) is 26.7. The van der Waals surface area contributed by atoms with Gasteiger partial charge in [-0.25, -0.2) is 0 Å². The standard InChI is InChI=1S/C27H58NO.NO3/c1-5-7-9-11-13-15-17-19-21-23-25-28(4,27(3)29)26-24-22-20-18-16-14-12-10-8-6-2;2-1(3)4/h27,29H,5-26H2,1-4H3;/q+1;-1. The molecule has 200 valence electrons. The summed E-state index contributed by atoms with van der Waals surface area (Å²) in [6.07, 6.45) is 27.5. The Labute approximate surface area is 205 Å². The van der Waals surface area contributed by atoms with Gasteiger partial charge in [-0.15, -0.1) is 0 Å². The molecule has 0 aromatic carbocycles. The molecule has 0 aliphatic rings. The number of rotatable bonds is 23. The highest BCUT2D eigenvalue weighted by Crippen LogP contribution is 2.17. The van der Waals surface area contributed by atoms with E-state index in [4.69, 9.17) is 15.3 Å². The topological polar surface area (TPSA) is 86.4 Å². The van der Waals surface area contributed by atoms with Crippen molar-refractivity contribution in [2.75, 3.05) is 20.1 Å². The van der Waals surface area contributed by atoms with Crippen molar-refractivity contribution in [3.8, 4) is 0 Å². The highest BCUT2D eigenvalue weighted by Gasteiger charge is 2.26. The van der Waals surface area contributed by atoms with E-state index in [1.54, 1.807) is 0 Å². The van der Waals surface area contributed by atoms with Gasteiger partial charge in [-0.2, -0.15) is 0 Å². The minimum atomic E-state index is -1.75. The minimum absolute atomic E-state index is 0.230. The molecule has 1 N–H and O–H groups in total. The molecule has 0 radical (unpaired) electrons. The van der Waals surface area contributed by atoms with Crippen LogP contribution in [0.25, 0.3) is 0 Å². The van der Waals surface area contributed by atoms with Gasteiger partial charge in [0, 0.05) is 6.92 Å². The number of aliphatic hydroxyl groups excluding tert-OH is 1. The van der Waals surface area contributed by atoms with E-state index in [2.05, 4.69) is 20.9 Å². The van der Waals surface area contributed by atoms with E-state index in [0.717, 1.165) is 17.6 Å². The first kappa shape index (κ1) is 34.3. The molecule has 33 heavy (non-hydrogen) atoms. The average Bonchev–Trinajstić information content (AvgIpc) is 2.76. The molecule has 0 aliphatic heterocycles. The molecule has 0 bridgehead atoms. The summed E-state index contributed by atoms with van der Waals surface area (Å²) < 4.78 is 0.855. The molecule has 0 spiro atoms. The smallest absolute Gasteiger partial charge is 0.187 e. The fraction of sp³-hybridized carbons (Fsp3) is 1.00. The zero-order valence-corrected chi connectivity index (χ0v) is 22.7. The van der Waals surface area contributed by atoms with Gasteiger partial charge in [-0.1, -0.05) is 117 Å². The predicted molar refractivity (Wildman–Crippen MR) is 142 cm³/mol. The highest BCUT2D eigenvalue weighted by molar-refractivity contribution is 4.51. The fourth-order valence-electron chi connectivity index (χ4n) is 4.41. The minimum Gasteiger partial charge on any atom is -0.356 e. The molecule has 1 unspecified atom stereocenters. The van der Waals surface area contributed by atoms with Crippen molar-refractivity contribution in [2.45, 2.75) is 155 Å². The molecule has 0 saturated carbocycles. The van der Waals surface area contributed by atoms with Crippen LogP contribution in [-0.2, 0) is 0 Å². The van der Waals surface area contributed by atoms with Crippen molar-refractivity contribution in [3.63, 3.8) is 0 Å². The molecule has 6 nitrogen and oxygen atoms in total. The summed E-state index contributed by atoms with van der Waals surface area (Å²) in [5.41, 5.74) is 0. The molecule has 0 fully saturated rings. The van der Waals surface area contributed by atoms with Crippen molar-refractivity contribution in [1.29, 1.82) is 0 Å². The van der Waals surface area contributed by atoms with E-state index in [1.165, 1.54) is 128 Å². The number of hydrogen-bond donors (Lipinski definition) is 1. The maximum absolute atomic E-state index is 10.3. The average molecular weight is 475 g/mol. The number of aliphatic hydroxyl groups is 1. The second-order valence-corrected chi connectivity index (χ2v) is 10.1. The maximum atomic E-state index is 10.3. The first-order chi connectivity index (χ1) is 15.8. The molecule has 0 aromatic heterocycles. The first-order valence-electron chi connectivity index (χ1n) is 14.1. The predicted octanol–water partition coefficient (Wildman–Crippen LogP) is 8.37. The highest BCUT2D eigenvalue weighted by atomic mass is 16.9. The number of nitrogens with zero attached hydrogens (tertiary/aromatic N) is 2. The Bertz CT molecular complexity index is 378. The Morgan fingerprint density at radius 1 is 0.606 bits per heavy atom. The van der Waals surface area contributed by atoms with Crippen LogP contribution in [0.15, 0.2) is 0 Å². The van der Waals surface area contributed by atoms with Crippen LogP contribution in [0.2, 0.25) is 0 Å². The van der Waals surface area contributed by atoms with Gasteiger partial charge < -0.3 is 24.9 Å². The quantitative estimate of drug-likeness (QED) is 0.0529. The first-order valence-corrected chi connectivity index (χ1v) is 14.1. The van der Waals surface area contributed by atoms with Crippen molar-refractivity contribution >= 4 is 0 Å². The van der Waals surface area contributed by atoms with Crippen LogP contribution in [0.3, 0.4) is 0 Å².